The van der Waals surface area contributed by atoms with Gasteiger partial charge in [0.1, 0.15) is 0 Å². The predicted octanol–water partition coefficient (Wildman–Crippen LogP) is 1.41. The van der Waals surface area contributed by atoms with Gasteiger partial charge in [0, 0.05) is 12.5 Å². The van der Waals surface area contributed by atoms with E-state index in [9.17, 15) is 4.79 Å². The fourth-order valence-corrected chi connectivity index (χ4v) is 2.06. The van der Waals surface area contributed by atoms with Crippen molar-refractivity contribution in [1.82, 2.24) is 15.5 Å². The van der Waals surface area contributed by atoms with Gasteiger partial charge in [-0.25, -0.2) is 0 Å². The second-order valence-corrected chi connectivity index (χ2v) is 4.89. The normalized spacial score (nSPS) is 24.2. The summed E-state index contributed by atoms with van der Waals surface area (Å²) in [5, 5.41) is 11.3. The third-order valence-electron chi connectivity index (χ3n) is 3.20. The van der Waals surface area contributed by atoms with Crippen molar-refractivity contribution in [2.75, 3.05) is 13.7 Å². The van der Waals surface area contributed by atoms with Crippen molar-refractivity contribution >= 4 is 5.97 Å². The molecule has 0 spiro atoms. The number of methoxy groups -OCH3 is 1. The van der Waals surface area contributed by atoms with Crippen LogP contribution in [0.5, 0.6) is 0 Å². The van der Waals surface area contributed by atoms with Crippen LogP contribution in [0.1, 0.15) is 50.4 Å². The molecule has 1 unspecified atom stereocenters. The first-order chi connectivity index (χ1) is 8.61. The second kappa shape index (κ2) is 5.48. The molecular weight excluding hydrogens is 234 g/mol. The number of ether oxygens (including phenoxy) is 1. The van der Waals surface area contributed by atoms with Crippen molar-refractivity contribution < 1.29 is 13.9 Å². The lowest BCUT2D eigenvalue weighted by Crippen LogP contribution is -2.37. The maximum Gasteiger partial charge on any atom is 0.309 e. The fraction of sp³-hybridized carbons (Fsp3) is 0.750. The Labute approximate surface area is 106 Å². The Morgan fingerprint density at radius 3 is 2.72 bits per heavy atom. The summed E-state index contributed by atoms with van der Waals surface area (Å²) in [6.45, 7) is 4.62. The molecule has 6 heteroatoms. The quantitative estimate of drug-likeness (QED) is 0.821. The second-order valence-electron chi connectivity index (χ2n) is 4.89. The average molecular weight is 253 g/mol. The molecule has 1 aromatic heterocycles. The Hall–Kier alpha value is -1.43. The zero-order chi connectivity index (χ0) is 13.1. The van der Waals surface area contributed by atoms with Gasteiger partial charge < -0.3 is 14.5 Å². The molecular formula is C12H19N3O3. The highest BCUT2D eigenvalue weighted by Gasteiger charge is 2.30. The van der Waals surface area contributed by atoms with Crippen LogP contribution in [0.15, 0.2) is 4.42 Å². The maximum atomic E-state index is 11.4. The Balaban J connectivity index is 1.94. The molecule has 0 bridgehead atoms. The summed E-state index contributed by atoms with van der Waals surface area (Å²) in [5.41, 5.74) is 0. The van der Waals surface area contributed by atoms with Gasteiger partial charge in [0.15, 0.2) is 0 Å². The summed E-state index contributed by atoms with van der Waals surface area (Å²) < 4.78 is 10.3. The van der Waals surface area contributed by atoms with E-state index < -0.39 is 0 Å². The summed E-state index contributed by atoms with van der Waals surface area (Å²) in [5.74, 6) is 1.27. The van der Waals surface area contributed by atoms with Crippen LogP contribution in [-0.2, 0) is 9.53 Å². The Bertz CT molecular complexity index is 408. The highest BCUT2D eigenvalue weighted by Crippen LogP contribution is 2.26. The van der Waals surface area contributed by atoms with Crippen molar-refractivity contribution in [2.45, 2.75) is 38.6 Å². The molecule has 18 heavy (non-hydrogen) atoms. The van der Waals surface area contributed by atoms with Crippen molar-refractivity contribution in [2.24, 2.45) is 5.92 Å². The molecule has 0 amide bonds. The van der Waals surface area contributed by atoms with Crippen LogP contribution in [0, 0.1) is 5.92 Å². The van der Waals surface area contributed by atoms with Gasteiger partial charge >= 0.3 is 5.97 Å². The molecule has 0 radical (unpaired) electrons. The molecule has 1 aliphatic rings. The van der Waals surface area contributed by atoms with Gasteiger partial charge in [-0.3, -0.25) is 4.79 Å². The molecule has 0 aliphatic carbocycles. The van der Waals surface area contributed by atoms with E-state index in [1.807, 2.05) is 13.8 Å². The lowest BCUT2D eigenvalue weighted by molar-refractivity contribution is -0.146. The molecule has 1 aromatic rings. The topological polar surface area (TPSA) is 77.2 Å². The lowest BCUT2D eigenvalue weighted by Gasteiger charge is -2.26. The number of hydrogen-bond acceptors (Lipinski definition) is 6. The molecule has 0 saturated carbocycles. The SMILES string of the molecule is COC(=O)[C@H]1CCC(c2nnc(C(C)C)o2)NC1. The summed E-state index contributed by atoms with van der Waals surface area (Å²) in [6.07, 6.45) is 1.59. The van der Waals surface area contributed by atoms with E-state index in [4.69, 9.17) is 9.15 Å². The van der Waals surface area contributed by atoms with Crippen molar-refractivity contribution in [1.29, 1.82) is 0 Å². The van der Waals surface area contributed by atoms with Crippen molar-refractivity contribution in [3.05, 3.63) is 11.8 Å². The van der Waals surface area contributed by atoms with Crippen LogP contribution in [-0.4, -0.2) is 29.8 Å². The van der Waals surface area contributed by atoms with E-state index in [-0.39, 0.29) is 23.8 Å². The van der Waals surface area contributed by atoms with Crippen LogP contribution in [0.2, 0.25) is 0 Å². The molecule has 0 aromatic carbocycles. The minimum absolute atomic E-state index is 0.0471. The smallest absolute Gasteiger partial charge is 0.309 e. The zero-order valence-electron chi connectivity index (χ0n) is 11.0. The number of nitrogens with zero attached hydrogens (tertiary/aromatic N) is 2. The van der Waals surface area contributed by atoms with E-state index in [2.05, 4.69) is 15.5 Å². The van der Waals surface area contributed by atoms with E-state index in [1.165, 1.54) is 7.11 Å². The molecule has 1 aliphatic heterocycles. The molecule has 1 N–H and O–H groups in total. The van der Waals surface area contributed by atoms with Gasteiger partial charge in [0.25, 0.3) is 0 Å². The maximum absolute atomic E-state index is 11.4. The van der Waals surface area contributed by atoms with E-state index in [1.54, 1.807) is 0 Å². The number of carbonyl (C=O) groups excluding carboxylic acids is 1. The van der Waals surface area contributed by atoms with Gasteiger partial charge in [-0.05, 0) is 12.8 Å². The summed E-state index contributed by atoms with van der Waals surface area (Å²) in [6, 6.07) is 0.0471. The molecule has 100 valence electrons. The van der Waals surface area contributed by atoms with Crippen LogP contribution < -0.4 is 5.32 Å². The van der Waals surface area contributed by atoms with Crippen molar-refractivity contribution in [3.63, 3.8) is 0 Å². The molecule has 2 heterocycles. The highest BCUT2D eigenvalue weighted by atomic mass is 16.5. The van der Waals surface area contributed by atoms with E-state index >= 15 is 0 Å². The van der Waals surface area contributed by atoms with E-state index in [0.29, 0.717) is 18.3 Å². The molecule has 2 rings (SSSR count). The number of nitrogens with one attached hydrogen (secondary N) is 1. The first kappa shape index (κ1) is 13.0. The predicted molar refractivity (Wildman–Crippen MR) is 63.9 cm³/mol. The Kier molecular flexibility index (Phi) is 3.96. The molecule has 6 nitrogen and oxygen atoms in total. The van der Waals surface area contributed by atoms with E-state index in [0.717, 1.165) is 12.8 Å². The minimum atomic E-state index is -0.158. The van der Waals surface area contributed by atoms with Crippen LogP contribution in [0.3, 0.4) is 0 Å². The number of aromatic nitrogens is 2. The zero-order valence-corrected chi connectivity index (χ0v) is 11.0. The minimum Gasteiger partial charge on any atom is -0.469 e. The third-order valence-corrected chi connectivity index (χ3v) is 3.20. The summed E-state index contributed by atoms with van der Waals surface area (Å²) in [7, 11) is 1.42. The Morgan fingerprint density at radius 1 is 1.44 bits per heavy atom. The first-order valence-corrected chi connectivity index (χ1v) is 6.26. The molecule has 1 saturated heterocycles. The van der Waals surface area contributed by atoms with Gasteiger partial charge in [0.2, 0.25) is 11.8 Å². The third kappa shape index (κ3) is 2.69. The highest BCUT2D eigenvalue weighted by molar-refractivity contribution is 5.72. The monoisotopic (exact) mass is 253 g/mol. The summed E-state index contributed by atoms with van der Waals surface area (Å²) in [4.78, 5) is 11.4. The number of hydrogen-bond donors (Lipinski definition) is 1. The van der Waals surface area contributed by atoms with Crippen molar-refractivity contribution in [3.8, 4) is 0 Å². The average Bonchev–Trinajstić information content (AvgIpc) is 2.88. The fourth-order valence-electron chi connectivity index (χ4n) is 2.06. The summed E-state index contributed by atoms with van der Waals surface area (Å²) >= 11 is 0. The van der Waals surface area contributed by atoms with Gasteiger partial charge in [-0.2, -0.15) is 0 Å². The van der Waals surface area contributed by atoms with Crippen LogP contribution in [0.25, 0.3) is 0 Å². The Morgan fingerprint density at radius 2 is 2.22 bits per heavy atom. The largest absolute Gasteiger partial charge is 0.469 e. The number of carbonyl (C=O) groups is 1. The first-order valence-electron chi connectivity index (χ1n) is 6.26. The molecule has 2 atom stereocenters. The van der Waals surface area contributed by atoms with Crippen LogP contribution >= 0.6 is 0 Å². The molecule has 1 fully saturated rings. The lowest BCUT2D eigenvalue weighted by atomic mass is 9.95. The number of rotatable bonds is 3. The van der Waals surface area contributed by atoms with Gasteiger partial charge in [0.05, 0.1) is 19.1 Å². The number of piperidine rings is 1. The van der Waals surface area contributed by atoms with Gasteiger partial charge in [-0.15, -0.1) is 10.2 Å². The standard InChI is InChI=1S/C12H19N3O3/c1-7(2)10-14-15-11(18-10)9-5-4-8(6-13-9)12(16)17-3/h7-9,13H,4-6H2,1-3H3/t8-,9?/m0/s1. The number of esters is 1. The van der Waals surface area contributed by atoms with Gasteiger partial charge in [-0.1, -0.05) is 13.8 Å². The van der Waals surface area contributed by atoms with Crippen LogP contribution in [0.4, 0.5) is 0 Å².